The maximum atomic E-state index is 13.3. The Labute approximate surface area is 101 Å². The van der Waals surface area contributed by atoms with E-state index in [1.165, 1.54) is 7.05 Å². The van der Waals surface area contributed by atoms with Crippen molar-refractivity contribution in [3.8, 4) is 0 Å². The molecule has 0 heterocycles. The van der Waals surface area contributed by atoms with Gasteiger partial charge in [-0.3, -0.25) is 4.79 Å². The maximum absolute atomic E-state index is 13.3. The molecule has 0 aromatic heterocycles. The van der Waals surface area contributed by atoms with Gasteiger partial charge in [0.1, 0.15) is 10.7 Å². The van der Waals surface area contributed by atoms with Gasteiger partial charge in [-0.1, -0.05) is 11.6 Å². The molecular formula is C8H6Cl2FNO3S. The Hall–Kier alpha value is -0.850. The van der Waals surface area contributed by atoms with Crippen LogP contribution in [-0.4, -0.2) is 21.4 Å². The van der Waals surface area contributed by atoms with E-state index in [1.807, 2.05) is 0 Å². The predicted molar refractivity (Wildman–Crippen MR) is 57.8 cm³/mol. The summed E-state index contributed by atoms with van der Waals surface area (Å²) < 4.78 is 35.4. The Morgan fingerprint density at radius 2 is 2.00 bits per heavy atom. The van der Waals surface area contributed by atoms with Crippen molar-refractivity contribution in [1.29, 1.82) is 0 Å². The predicted octanol–water partition coefficient (Wildman–Crippen LogP) is 1.77. The van der Waals surface area contributed by atoms with Crippen LogP contribution in [-0.2, 0) is 9.05 Å². The van der Waals surface area contributed by atoms with Crippen LogP contribution in [0.25, 0.3) is 0 Å². The number of hydrogen-bond acceptors (Lipinski definition) is 3. The van der Waals surface area contributed by atoms with Gasteiger partial charge < -0.3 is 5.32 Å². The average Bonchev–Trinajstić information content (AvgIpc) is 2.14. The molecule has 1 N–H and O–H groups in total. The van der Waals surface area contributed by atoms with Crippen molar-refractivity contribution in [2.24, 2.45) is 0 Å². The van der Waals surface area contributed by atoms with Crippen LogP contribution in [0.15, 0.2) is 17.0 Å². The summed E-state index contributed by atoms with van der Waals surface area (Å²) in [5.74, 6) is -1.69. The summed E-state index contributed by atoms with van der Waals surface area (Å²) in [5, 5.41) is 1.79. The summed E-state index contributed by atoms with van der Waals surface area (Å²) in [6, 6.07) is 1.51. The standard InChI is InChI=1S/C8H6Cl2FNO3S/c1-12-8(13)4-2-7(16(10,14)15)5(9)3-6(4)11/h2-3H,1H3,(H,12,13). The number of halogens is 3. The highest BCUT2D eigenvalue weighted by molar-refractivity contribution is 8.13. The van der Waals surface area contributed by atoms with Crippen LogP contribution >= 0.6 is 22.3 Å². The Kier molecular flexibility index (Phi) is 3.77. The van der Waals surface area contributed by atoms with Crippen molar-refractivity contribution in [3.05, 3.63) is 28.5 Å². The molecule has 0 saturated heterocycles. The molecule has 0 aliphatic rings. The van der Waals surface area contributed by atoms with Gasteiger partial charge in [-0.05, 0) is 12.1 Å². The van der Waals surface area contributed by atoms with Gasteiger partial charge in [-0.2, -0.15) is 0 Å². The number of nitrogens with one attached hydrogen (secondary N) is 1. The zero-order valence-electron chi connectivity index (χ0n) is 7.92. The lowest BCUT2D eigenvalue weighted by atomic mass is 10.2. The van der Waals surface area contributed by atoms with E-state index in [0.717, 1.165) is 12.1 Å². The zero-order chi connectivity index (χ0) is 12.5. The average molecular weight is 286 g/mol. The first kappa shape index (κ1) is 13.2. The van der Waals surface area contributed by atoms with Crippen LogP contribution in [0.5, 0.6) is 0 Å². The first-order valence-electron chi connectivity index (χ1n) is 3.93. The number of amides is 1. The molecule has 0 radical (unpaired) electrons. The molecule has 0 fully saturated rings. The first-order chi connectivity index (χ1) is 7.27. The quantitative estimate of drug-likeness (QED) is 0.843. The fourth-order valence-corrected chi connectivity index (χ4v) is 2.53. The van der Waals surface area contributed by atoms with Crippen LogP contribution in [0.1, 0.15) is 10.4 Å². The largest absolute Gasteiger partial charge is 0.355 e. The van der Waals surface area contributed by atoms with Crippen molar-refractivity contribution in [2.75, 3.05) is 7.05 Å². The molecule has 0 bridgehead atoms. The van der Waals surface area contributed by atoms with E-state index in [9.17, 15) is 17.6 Å². The molecule has 0 atom stereocenters. The molecule has 0 aliphatic carbocycles. The van der Waals surface area contributed by atoms with Crippen LogP contribution in [0.2, 0.25) is 5.02 Å². The summed E-state index contributed by atoms with van der Waals surface area (Å²) in [5.41, 5.74) is -0.439. The fourth-order valence-electron chi connectivity index (χ4n) is 1.02. The highest BCUT2D eigenvalue weighted by atomic mass is 35.7. The molecule has 0 unspecified atom stereocenters. The number of carbonyl (C=O) groups is 1. The van der Waals surface area contributed by atoms with E-state index in [0.29, 0.717) is 0 Å². The molecule has 0 saturated carbocycles. The van der Waals surface area contributed by atoms with Gasteiger partial charge in [0.05, 0.1) is 10.6 Å². The zero-order valence-corrected chi connectivity index (χ0v) is 10.2. The van der Waals surface area contributed by atoms with E-state index in [1.54, 1.807) is 0 Å². The van der Waals surface area contributed by atoms with E-state index in [2.05, 4.69) is 5.32 Å². The summed E-state index contributed by atoms with van der Waals surface area (Å²) in [6.07, 6.45) is 0. The molecule has 1 aromatic rings. The van der Waals surface area contributed by atoms with Crippen LogP contribution < -0.4 is 5.32 Å². The highest BCUT2D eigenvalue weighted by Gasteiger charge is 2.20. The Balaban J connectivity index is 3.51. The second-order valence-electron chi connectivity index (χ2n) is 2.78. The minimum absolute atomic E-state index is 0.375. The van der Waals surface area contributed by atoms with Gasteiger partial charge in [0.2, 0.25) is 0 Å². The molecule has 16 heavy (non-hydrogen) atoms. The lowest BCUT2D eigenvalue weighted by Crippen LogP contribution is -2.19. The molecule has 8 heteroatoms. The molecule has 1 amide bonds. The molecule has 88 valence electrons. The number of benzene rings is 1. The molecule has 1 rings (SSSR count). The molecule has 0 spiro atoms. The van der Waals surface area contributed by atoms with Crippen molar-refractivity contribution < 1.29 is 17.6 Å². The van der Waals surface area contributed by atoms with Gasteiger partial charge >= 0.3 is 0 Å². The lowest BCUT2D eigenvalue weighted by Gasteiger charge is -2.05. The third-order valence-electron chi connectivity index (χ3n) is 1.76. The number of hydrogen-bond donors (Lipinski definition) is 1. The van der Waals surface area contributed by atoms with E-state index in [-0.39, 0.29) is 5.02 Å². The smallest absolute Gasteiger partial charge is 0.262 e. The summed E-state index contributed by atoms with van der Waals surface area (Å²) in [7, 11) is 2.23. The molecular weight excluding hydrogens is 280 g/mol. The van der Waals surface area contributed by atoms with Crippen molar-refractivity contribution in [1.82, 2.24) is 5.32 Å². The Morgan fingerprint density at radius 1 is 1.44 bits per heavy atom. The van der Waals surface area contributed by atoms with E-state index in [4.69, 9.17) is 22.3 Å². The summed E-state index contributed by atoms with van der Waals surface area (Å²) in [4.78, 5) is 10.7. The minimum atomic E-state index is -4.12. The minimum Gasteiger partial charge on any atom is -0.355 e. The van der Waals surface area contributed by atoms with Crippen LogP contribution in [0, 0.1) is 5.82 Å². The highest BCUT2D eigenvalue weighted by Crippen LogP contribution is 2.27. The normalized spacial score (nSPS) is 11.2. The van der Waals surface area contributed by atoms with Gasteiger partial charge in [-0.15, -0.1) is 0 Å². The van der Waals surface area contributed by atoms with E-state index >= 15 is 0 Å². The molecule has 4 nitrogen and oxygen atoms in total. The summed E-state index contributed by atoms with van der Waals surface area (Å²) >= 11 is 5.50. The molecule has 0 aliphatic heterocycles. The van der Waals surface area contributed by atoms with Gasteiger partial charge in [-0.25, -0.2) is 12.8 Å². The number of carbonyl (C=O) groups excluding carboxylic acids is 1. The van der Waals surface area contributed by atoms with Crippen LogP contribution in [0.3, 0.4) is 0 Å². The van der Waals surface area contributed by atoms with Gasteiger partial charge in [0.15, 0.2) is 0 Å². The third kappa shape index (κ3) is 2.63. The monoisotopic (exact) mass is 285 g/mol. The lowest BCUT2D eigenvalue weighted by molar-refractivity contribution is 0.0959. The second-order valence-corrected chi connectivity index (χ2v) is 5.72. The topological polar surface area (TPSA) is 63.2 Å². The fraction of sp³-hybridized carbons (Fsp3) is 0.125. The van der Waals surface area contributed by atoms with E-state index < -0.39 is 31.2 Å². The van der Waals surface area contributed by atoms with Crippen molar-refractivity contribution in [3.63, 3.8) is 0 Å². The Bertz CT molecular complexity index is 544. The third-order valence-corrected chi connectivity index (χ3v) is 3.54. The number of rotatable bonds is 2. The molecule has 1 aromatic carbocycles. The summed E-state index contributed by atoms with van der Waals surface area (Å²) in [6.45, 7) is 0. The van der Waals surface area contributed by atoms with Gasteiger partial charge in [0.25, 0.3) is 15.0 Å². The van der Waals surface area contributed by atoms with Crippen molar-refractivity contribution in [2.45, 2.75) is 4.90 Å². The second kappa shape index (κ2) is 4.57. The maximum Gasteiger partial charge on any atom is 0.262 e. The Morgan fingerprint density at radius 3 is 2.44 bits per heavy atom. The first-order valence-corrected chi connectivity index (χ1v) is 6.62. The van der Waals surface area contributed by atoms with Crippen molar-refractivity contribution >= 4 is 37.2 Å². The SMILES string of the molecule is CNC(=O)c1cc(S(=O)(=O)Cl)c(Cl)cc1F. The van der Waals surface area contributed by atoms with Crippen LogP contribution in [0.4, 0.5) is 4.39 Å². The van der Waals surface area contributed by atoms with Gasteiger partial charge in [0, 0.05) is 17.7 Å².